The van der Waals surface area contributed by atoms with Crippen molar-refractivity contribution in [1.29, 1.82) is 0 Å². The molecule has 112 valence electrons. The third kappa shape index (κ3) is 3.87. The maximum absolute atomic E-state index is 6.21. The van der Waals surface area contributed by atoms with Gasteiger partial charge in [0.05, 0.1) is 31.0 Å². The molecule has 0 atom stereocenters. The molecule has 0 aliphatic rings. The predicted octanol–water partition coefficient (Wildman–Crippen LogP) is 7.14. The Morgan fingerprint density at radius 3 is 1.81 bits per heavy atom. The molecule has 0 saturated heterocycles. The quantitative estimate of drug-likeness (QED) is 0.232. The monoisotopic (exact) mass is 399 g/mol. The number of hydrogen-bond donors (Lipinski definition) is 0. The van der Waals surface area contributed by atoms with Gasteiger partial charge >= 0.3 is 0 Å². The van der Waals surface area contributed by atoms with Gasteiger partial charge in [-0.25, -0.2) is 0 Å². The fourth-order valence-electron chi connectivity index (χ4n) is 1.63. The van der Waals surface area contributed by atoms with E-state index in [1.54, 1.807) is 0 Å². The number of benzene rings is 2. The summed E-state index contributed by atoms with van der Waals surface area (Å²) in [7, 11) is 1.98. The van der Waals surface area contributed by atoms with Crippen LogP contribution in [-0.4, -0.2) is 12.9 Å². The van der Waals surface area contributed by atoms with Crippen LogP contribution >= 0.6 is 69.8 Å². The molecular weight excluding hydrogens is 391 g/mol. The van der Waals surface area contributed by atoms with E-state index < -0.39 is 0 Å². The number of rotatable bonds is 4. The van der Waals surface area contributed by atoms with Crippen molar-refractivity contribution in [3.05, 3.63) is 55.4 Å². The third-order valence-electron chi connectivity index (χ3n) is 2.77. The average molecular weight is 402 g/mol. The van der Waals surface area contributed by atoms with E-state index >= 15 is 0 Å². The van der Waals surface area contributed by atoms with Crippen molar-refractivity contribution in [3.8, 4) is 0 Å². The summed E-state index contributed by atoms with van der Waals surface area (Å²) in [6.45, 7) is 0. The zero-order valence-electron chi connectivity index (χ0n) is 10.8. The number of thioether (sulfide) groups is 1. The molecule has 0 aliphatic heterocycles. The van der Waals surface area contributed by atoms with Gasteiger partial charge in [-0.1, -0.05) is 76.2 Å². The van der Waals surface area contributed by atoms with Crippen LogP contribution < -0.4 is 4.90 Å². The van der Waals surface area contributed by atoms with Crippen LogP contribution in [0.5, 0.6) is 0 Å². The van der Waals surface area contributed by atoms with Crippen molar-refractivity contribution in [2.24, 2.45) is 0 Å². The summed E-state index contributed by atoms with van der Waals surface area (Å²) in [5, 5.41) is 1.26. The van der Waals surface area contributed by atoms with Crippen molar-refractivity contribution >= 4 is 75.5 Å². The number of halogens is 5. The van der Waals surface area contributed by atoms with Gasteiger partial charge in [-0.2, -0.15) is 0 Å². The van der Waals surface area contributed by atoms with E-state index in [1.165, 1.54) is 11.8 Å². The van der Waals surface area contributed by atoms with Crippen LogP contribution in [0.3, 0.4) is 0 Å². The molecule has 0 N–H and O–H groups in total. The molecule has 0 unspecified atom stereocenters. The first-order chi connectivity index (χ1) is 9.93. The summed E-state index contributed by atoms with van der Waals surface area (Å²) in [5.41, 5.74) is 1.09. The smallest absolute Gasteiger partial charge is 0.0809 e. The van der Waals surface area contributed by atoms with Gasteiger partial charge in [-0.3, -0.25) is 0 Å². The Kier molecular flexibility index (Phi) is 6.25. The van der Waals surface area contributed by atoms with Crippen molar-refractivity contribution in [3.63, 3.8) is 0 Å². The van der Waals surface area contributed by atoms with Crippen LogP contribution in [0.2, 0.25) is 25.1 Å². The molecule has 2 rings (SSSR count). The lowest BCUT2D eigenvalue weighted by Crippen LogP contribution is -2.15. The Morgan fingerprint density at radius 1 is 0.810 bits per heavy atom. The average Bonchev–Trinajstić information content (AvgIpc) is 2.51. The Bertz CT molecular complexity index is 619. The minimum atomic E-state index is 0.175. The normalized spacial score (nSPS) is 10.8. The van der Waals surface area contributed by atoms with Crippen molar-refractivity contribution in [2.45, 2.75) is 4.90 Å². The van der Waals surface area contributed by atoms with Gasteiger partial charge in [-0.15, -0.1) is 11.8 Å². The van der Waals surface area contributed by atoms with E-state index in [2.05, 4.69) is 4.90 Å². The van der Waals surface area contributed by atoms with Crippen LogP contribution in [0.25, 0.3) is 0 Å². The summed E-state index contributed by atoms with van der Waals surface area (Å²) < 4.78 is 0. The highest BCUT2D eigenvalue weighted by atomic mass is 35.5. The van der Waals surface area contributed by atoms with Crippen molar-refractivity contribution < 1.29 is 0 Å². The summed E-state index contributed by atoms with van der Waals surface area (Å²) in [6.07, 6.45) is 0. The fraction of sp³-hybridized carbons (Fsp3) is 0.143. The van der Waals surface area contributed by atoms with Crippen LogP contribution in [-0.2, 0) is 0 Å². The largest absolute Gasteiger partial charge is 0.365 e. The molecule has 1 nitrogen and oxygen atoms in total. The maximum atomic E-state index is 6.21. The molecule has 0 heterocycles. The predicted molar refractivity (Wildman–Crippen MR) is 97.1 cm³/mol. The molecule has 0 spiro atoms. The van der Waals surface area contributed by atoms with Gasteiger partial charge < -0.3 is 4.90 Å². The van der Waals surface area contributed by atoms with E-state index in [-0.39, 0.29) is 15.1 Å². The second kappa shape index (κ2) is 7.54. The Balaban J connectivity index is 2.21. The lowest BCUT2D eigenvalue weighted by atomic mass is 10.3. The molecule has 0 bridgehead atoms. The van der Waals surface area contributed by atoms with Crippen LogP contribution in [0.1, 0.15) is 0 Å². The SMILES string of the molecule is CN(CSc1c(Cl)c(Cl)c(Cl)c(Cl)c1Cl)c1ccccc1. The molecule has 0 saturated carbocycles. The topological polar surface area (TPSA) is 3.24 Å². The van der Waals surface area contributed by atoms with E-state index in [1.807, 2.05) is 37.4 Å². The molecule has 2 aromatic carbocycles. The van der Waals surface area contributed by atoms with E-state index in [9.17, 15) is 0 Å². The Hall–Kier alpha value is 0.0400. The molecular formula is C14H10Cl5NS. The zero-order valence-corrected chi connectivity index (χ0v) is 15.4. The van der Waals surface area contributed by atoms with Crippen LogP contribution in [0.15, 0.2) is 35.2 Å². The highest BCUT2D eigenvalue weighted by Crippen LogP contribution is 2.47. The van der Waals surface area contributed by atoms with Gasteiger partial charge in [0.1, 0.15) is 0 Å². The summed E-state index contributed by atoms with van der Waals surface area (Å²) in [5.74, 6) is 0.637. The fourth-order valence-corrected chi connectivity index (χ4v) is 4.14. The first kappa shape index (κ1) is 17.4. The number of anilines is 1. The highest BCUT2D eigenvalue weighted by Gasteiger charge is 2.19. The van der Waals surface area contributed by atoms with Crippen LogP contribution in [0, 0.1) is 0 Å². The Labute approximate surface area is 153 Å². The van der Waals surface area contributed by atoms with Crippen molar-refractivity contribution in [2.75, 3.05) is 17.8 Å². The van der Waals surface area contributed by atoms with Crippen LogP contribution in [0.4, 0.5) is 5.69 Å². The first-order valence-electron chi connectivity index (χ1n) is 5.84. The molecule has 0 aromatic heterocycles. The zero-order chi connectivity index (χ0) is 15.6. The summed E-state index contributed by atoms with van der Waals surface area (Å²) >= 11 is 31.9. The number of nitrogens with zero attached hydrogens (tertiary/aromatic N) is 1. The molecule has 0 amide bonds. The minimum Gasteiger partial charge on any atom is -0.365 e. The lowest BCUT2D eigenvalue weighted by molar-refractivity contribution is 1.09. The van der Waals surface area contributed by atoms with Gasteiger partial charge in [0.15, 0.2) is 0 Å². The van der Waals surface area contributed by atoms with E-state index in [0.29, 0.717) is 20.8 Å². The molecule has 0 aliphatic carbocycles. The van der Waals surface area contributed by atoms with Crippen molar-refractivity contribution in [1.82, 2.24) is 0 Å². The molecule has 0 radical (unpaired) electrons. The molecule has 21 heavy (non-hydrogen) atoms. The van der Waals surface area contributed by atoms with E-state index in [0.717, 1.165) is 5.69 Å². The molecule has 0 fully saturated rings. The molecule has 2 aromatic rings. The summed E-state index contributed by atoms with van der Waals surface area (Å²) in [4.78, 5) is 2.69. The lowest BCUT2D eigenvalue weighted by Gasteiger charge is -2.20. The number of para-hydroxylation sites is 1. The van der Waals surface area contributed by atoms with Gasteiger partial charge in [0, 0.05) is 17.6 Å². The third-order valence-corrected chi connectivity index (χ3v) is 6.48. The van der Waals surface area contributed by atoms with E-state index in [4.69, 9.17) is 58.0 Å². The number of hydrogen-bond acceptors (Lipinski definition) is 2. The first-order valence-corrected chi connectivity index (χ1v) is 8.71. The van der Waals surface area contributed by atoms with Gasteiger partial charge in [0.2, 0.25) is 0 Å². The highest BCUT2D eigenvalue weighted by molar-refractivity contribution is 7.99. The minimum absolute atomic E-state index is 0.175. The second-order valence-electron chi connectivity index (χ2n) is 4.21. The summed E-state index contributed by atoms with van der Waals surface area (Å²) in [6, 6.07) is 9.97. The Morgan fingerprint density at radius 2 is 1.29 bits per heavy atom. The van der Waals surface area contributed by atoms with Gasteiger partial charge in [-0.05, 0) is 12.1 Å². The van der Waals surface area contributed by atoms with Gasteiger partial charge in [0.25, 0.3) is 0 Å². The maximum Gasteiger partial charge on any atom is 0.0809 e. The molecule has 7 heteroatoms. The second-order valence-corrected chi connectivity index (χ2v) is 7.05. The standard InChI is InChI=1S/C14H10Cl5NS/c1-20(8-5-3-2-4-6-8)7-21-14-12(18)10(16)9(15)11(17)13(14)19/h2-6H,7H2,1H3.